The molecule has 2 heterocycles. The first-order valence-corrected chi connectivity index (χ1v) is 11.8. The Hall–Kier alpha value is -2.59. The number of piperidine rings is 1. The molecule has 1 saturated heterocycles. The summed E-state index contributed by atoms with van der Waals surface area (Å²) in [7, 11) is 0. The molecule has 0 spiro atoms. The van der Waals surface area contributed by atoms with Gasteiger partial charge in [0.1, 0.15) is 17.3 Å². The van der Waals surface area contributed by atoms with E-state index in [4.69, 9.17) is 39.0 Å². The summed E-state index contributed by atoms with van der Waals surface area (Å²) >= 11 is 12.9. The molecule has 33 heavy (non-hydrogen) atoms. The zero-order chi connectivity index (χ0) is 22.9. The molecule has 1 aromatic heterocycles. The molecule has 1 aliphatic carbocycles. The number of ether oxygens (including phenoxy) is 1. The van der Waals surface area contributed by atoms with E-state index in [0.29, 0.717) is 58.3 Å². The molecule has 0 bridgehead atoms. The van der Waals surface area contributed by atoms with Gasteiger partial charge in [-0.05, 0) is 49.9 Å². The van der Waals surface area contributed by atoms with Crippen molar-refractivity contribution in [3.63, 3.8) is 0 Å². The first-order chi connectivity index (χ1) is 16.0. The summed E-state index contributed by atoms with van der Waals surface area (Å²) in [6.45, 7) is 8.76. The number of hydrogen-bond donors (Lipinski definition) is 0. The van der Waals surface area contributed by atoms with E-state index < -0.39 is 0 Å². The lowest BCUT2D eigenvalue weighted by Crippen LogP contribution is -2.37. The van der Waals surface area contributed by atoms with Crippen LogP contribution in [0.3, 0.4) is 0 Å². The smallest absolute Gasteiger partial charge is 0.190 e. The van der Waals surface area contributed by atoms with Gasteiger partial charge >= 0.3 is 0 Å². The predicted molar refractivity (Wildman–Crippen MR) is 127 cm³/mol. The van der Waals surface area contributed by atoms with Gasteiger partial charge in [0, 0.05) is 30.1 Å². The van der Waals surface area contributed by atoms with Crippen LogP contribution >= 0.6 is 23.2 Å². The van der Waals surface area contributed by atoms with Crippen LogP contribution in [0.2, 0.25) is 10.0 Å². The highest BCUT2D eigenvalue weighted by molar-refractivity contribution is 6.39. The Morgan fingerprint density at radius 1 is 1.12 bits per heavy atom. The predicted octanol–water partition coefficient (Wildman–Crippen LogP) is 7.40. The van der Waals surface area contributed by atoms with Crippen LogP contribution < -0.4 is 4.90 Å². The lowest BCUT2D eigenvalue weighted by molar-refractivity contribution is 0.0246. The van der Waals surface area contributed by atoms with Crippen LogP contribution in [0, 0.1) is 12.4 Å². The average Bonchev–Trinajstić information content (AvgIpc) is 3.58. The monoisotopic (exact) mass is 485 g/mol. The Morgan fingerprint density at radius 2 is 1.85 bits per heavy atom. The zero-order valence-corrected chi connectivity index (χ0v) is 19.4. The van der Waals surface area contributed by atoms with E-state index in [2.05, 4.69) is 10.0 Å². The highest BCUT2D eigenvalue weighted by Crippen LogP contribution is 2.46. The van der Waals surface area contributed by atoms with Gasteiger partial charge in [-0.15, -0.1) is 0 Å². The Labute approximate surface area is 201 Å². The van der Waals surface area contributed by atoms with Gasteiger partial charge in [0.05, 0.1) is 35.0 Å². The molecule has 2 fully saturated rings. The Kier molecular flexibility index (Phi) is 6.29. The molecule has 5 nitrogen and oxygen atoms in total. The molecule has 1 saturated carbocycles. The van der Waals surface area contributed by atoms with E-state index in [1.54, 1.807) is 30.3 Å². The quantitative estimate of drug-likeness (QED) is 0.341. The van der Waals surface area contributed by atoms with Gasteiger partial charge in [-0.25, -0.2) is 9.24 Å². The number of nitrogens with zero attached hydrogens (tertiary/aromatic N) is 3. The van der Waals surface area contributed by atoms with Crippen LogP contribution in [0.4, 0.5) is 15.8 Å². The normalized spacial score (nSPS) is 16.7. The van der Waals surface area contributed by atoms with Crippen molar-refractivity contribution in [1.82, 2.24) is 5.16 Å². The number of benzene rings is 2. The molecule has 170 valence electrons. The molecular formula is C25H22Cl2FN3O2. The summed E-state index contributed by atoms with van der Waals surface area (Å²) in [5.41, 5.74) is 3.07. The molecule has 3 aromatic rings. The second kappa shape index (κ2) is 9.34. The van der Waals surface area contributed by atoms with Crippen molar-refractivity contribution < 1.29 is 13.7 Å². The standard InChI is InChI=1S/C25H22Cl2FN3O2/c1-29-16-7-8-22(21(28)13-16)31-11-9-17(10-12-31)32-14-18-24(30-33-25(18)15-5-6-15)23-19(26)3-2-4-20(23)27/h2-4,7-8,13,15,17H,5-6,9-12,14H2. The van der Waals surface area contributed by atoms with Crippen LogP contribution in [0.1, 0.15) is 42.9 Å². The first kappa shape index (κ1) is 22.2. The average molecular weight is 486 g/mol. The van der Waals surface area contributed by atoms with Crippen LogP contribution in [0.15, 0.2) is 40.9 Å². The minimum atomic E-state index is -0.359. The Bertz CT molecular complexity index is 1190. The van der Waals surface area contributed by atoms with Crippen LogP contribution in [-0.2, 0) is 11.3 Å². The fourth-order valence-corrected chi connectivity index (χ4v) is 4.91. The summed E-state index contributed by atoms with van der Waals surface area (Å²) in [6.07, 6.45) is 3.75. The molecule has 5 rings (SSSR count). The highest BCUT2D eigenvalue weighted by atomic mass is 35.5. The van der Waals surface area contributed by atoms with Crippen molar-refractivity contribution in [3.05, 3.63) is 75.0 Å². The molecule has 2 aromatic carbocycles. The van der Waals surface area contributed by atoms with E-state index in [0.717, 1.165) is 37.0 Å². The number of rotatable bonds is 6. The van der Waals surface area contributed by atoms with Gasteiger partial charge in [0.15, 0.2) is 5.69 Å². The van der Waals surface area contributed by atoms with E-state index in [1.807, 2.05) is 4.90 Å². The molecule has 8 heteroatoms. The fourth-order valence-electron chi connectivity index (χ4n) is 4.33. The lowest BCUT2D eigenvalue weighted by atomic mass is 10.0. The second-order valence-corrected chi connectivity index (χ2v) is 9.30. The van der Waals surface area contributed by atoms with Crippen LogP contribution in [-0.4, -0.2) is 24.4 Å². The maximum Gasteiger partial charge on any atom is 0.190 e. The number of aromatic nitrogens is 1. The molecule has 0 N–H and O–H groups in total. The number of halogens is 3. The number of hydrogen-bond acceptors (Lipinski definition) is 4. The van der Waals surface area contributed by atoms with Crippen molar-refractivity contribution >= 4 is 34.6 Å². The van der Waals surface area contributed by atoms with Crippen molar-refractivity contribution in [2.45, 2.75) is 44.3 Å². The van der Waals surface area contributed by atoms with Gasteiger partial charge in [-0.1, -0.05) is 40.5 Å². The lowest BCUT2D eigenvalue weighted by Gasteiger charge is -2.33. The zero-order valence-electron chi connectivity index (χ0n) is 17.9. The largest absolute Gasteiger partial charge is 0.373 e. The summed E-state index contributed by atoms with van der Waals surface area (Å²) < 4.78 is 26.4. The molecule has 0 radical (unpaired) electrons. The third-order valence-electron chi connectivity index (χ3n) is 6.27. The van der Waals surface area contributed by atoms with Crippen molar-refractivity contribution in [2.75, 3.05) is 18.0 Å². The summed E-state index contributed by atoms with van der Waals surface area (Å²) in [4.78, 5) is 5.29. The molecule has 0 unspecified atom stereocenters. The molecule has 1 aliphatic heterocycles. The van der Waals surface area contributed by atoms with Gasteiger partial charge < -0.3 is 14.2 Å². The molecule has 0 amide bonds. The van der Waals surface area contributed by atoms with Crippen molar-refractivity contribution in [1.29, 1.82) is 0 Å². The maximum absolute atomic E-state index is 14.4. The maximum atomic E-state index is 14.4. The molecule has 2 aliphatic rings. The Morgan fingerprint density at radius 3 is 2.48 bits per heavy atom. The fraction of sp³-hybridized carbons (Fsp3) is 0.360. The SMILES string of the molecule is [C-]#[N+]c1ccc(N2CCC(OCc3c(-c4c(Cl)cccc4Cl)noc3C3CC3)CC2)c(F)c1. The van der Waals surface area contributed by atoms with E-state index in [1.165, 1.54) is 6.07 Å². The minimum Gasteiger partial charge on any atom is -0.373 e. The molecular weight excluding hydrogens is 464 g/mol. The van der Waals surface area contributed by atoms with Crippen LogP contribution in [0.25, 0.3) is 16.1 Å². The second-order valence-electron chi connectivity index (χ2n) is 8.49. The summed E-state index contributed by atoms with van der Waals surface area (Å²) in [6, 6.07) is 10.0. The van der Waals surface area contributed by atoms with Crippen LogP contribution in [0.5, 0.6) is 0 Å². The minimum absolute atomic E-state index is 0.0448. The van der Waals surface area contributed by atoms with E-state index in [9.17, 15) is 4.39 Å². The first-order valence-electron chi connectivity index (χ1n) is 11.0. The van der Waals surface area contributed by atoms with Crippen molar-refractivity contribution in [3.8, 4) is 11.3 Å². The highest BCUT2D eigenvalue weighted by Gasteiger charge is 2.34. The number of anilines is 1. The summed E-state index contributed by atoms with van der Waals surface area (Å²) in [5.74, 6) is 0.873. The third kappa shape index (κ3) is 4.59. The van der Waals surface area contributed by atoms with E-state index >= 15 is 0 Å². The Balaban J connectivity index is 1.28. The van der Waals surface area contributed by atoms with Gasteiger partial charge in [0.25, 0.3) is 0 Å². The van der Waals surface area contributed by atoms with Crippen molar-refractivity contribution in [2.24, 2.45) is 0 Å². The van der Waals surface area contributed by atoms with Gasteiger partial charge in [0.2, 0.25) is 0 Å². The third-order valence-corrected chi connectivity index (χ3v) is 6.90. The molecule has 0 atom stereocenters. The topological polar surface area (TPSA) is 42.9 Å². The van der Waals surface area contributed by atoms with E-state index in [-0.39, 0.29) is 11.9 Å². The van der Waals surface area contributed by atoms with Gasteiger partial charge in [-0.2, -0.15) is 0 Å². The summed E-state index contributed by atoms with van der Waals surface area (Å²) in [5, 5.41) is 5.37. The van der Waals surface area contributed by atoms with Gasteiger partial charge in [-0.3, -0.25) is 0 Å².